The molecular weight excluding hydrogens is 224 g/mol. The van der Waals surface area contributed by atoms with E-state index in [4.69, 9.17) is 0 Å². The zero-order valence-corrected chi connectivity index (χ0v) is 12.3. The molecule has 1 heterocycles. The maximum atomic E-state index is 12.4. The number of hydrogen-bond acceptors (Lipinski definition) is 2. The summed E-state index contributed by atoms with van der Waals surface area (Å²) in [7, 11) is 0. The summed E-state index contributed by atoms with van der Waals surface area (Å²) in [6, 6.07) is 0. The molecule has 2 rings (SSSR count). The third-order valence-corrected chi connectivity index (χ3v) is 4.24. The SMILES string of the molecule is CC(C)CCCCN1C(=O)C2(CC2)NC1C(C)C. The van der Waals surface area contributed by atoms with Gasteiger partial charge in [0, 0.05) is 6.54 Å². The van der Waals surface area contributed by atoms with Crippen molar-refractivity contribution in [3.63, 3.8) is 0 Å². The van der Waals surface area contributed by atoms with E-state index < -0.39 is 0 Å². The minimum absolute atomic E-state index is 0.146. The summed E-state index contributed by atoms with van der Waals surface area (Å²) in [5.41, 5.74) is -0.146. The number of hydrogen-bond donors (Lipinski definition) is 1. The van der Waals surface area contributed by atoms with Gasteiger partial charge in [-0.2, -0.15) is 0 Å². The third-order valence-electron chi connectivity index (χ3n) is 4.24. The summed E-state index contributed by atoms with van der Waals surface area (Å²) in [5.74, 6) is 1.64. The van der Waals surface area contributed by atoms with Gasteiger partial charge in [-0.25, -0.2) is 0 Å². The number of carbonyl (C=O) groups excluding carboxylic acids is 1. The van der Waals surface area contributed by atoms with Crippen molar-refractivity contribution in [1.29, 1.82) is 0 Å². The Balaban J connectivity index is 1.86. The van der Waals surface area contributed by atoms with E-state index in [1.165, 1.54) is 12.8 Å². The van der Waals surface area contributed by atoms with E-state index in [2.05, 4.69) is 37.9 Å². The van der Waals surface area contributed by atoms with Crippen LogP contribution in [-0.2, 0) is 4.79 Å². The largest absolute Gasteiger partial charge is 0.325 e. The van der Waals surface area contributed by atoms with Crippen LogP contribution in [0.3, 0.4) is 0 Å². The number of rotatable bonds is 6. The molecule has 0 aromatic heterocycles. The molecule has 1 saturated heterocycles. The lowest BCUT2D eigenvalue weighted by molar-refractivity contribution is -0.131. The van der Waals surface area contributed by atoms with Crippen LogP contribution in [0.2, 0.25) is 0 Å². The van der Waals surface area contributed by atoms with Gasteiger partial charge in [-0.15, -0.1) is 0 Å². The Bertz CT molecular complexity index is 308. The summed E-state index contributed by atoms with van der Waals surface area (Å²) in [6.07, 6.45) is 5.99. The molecule has 1 amide bonds. The fourth-order valence-electron chi connectivity index (χ4n) is 2.91. The molecule has 3 nitrogen and oxygen atoms in total. The Morgan fingerprint density at radius 2 is 1.94 bits per heavy atom. The molecular formula is C15H28N2O. The number of nitrogens with zero attached hydrogens (tertiary/aromatic N) is 1. The van der Waals surface area contributed by atoms with Gasteiger partial charge in [0.25, 0.3) is 0 Å². The molecule has 0 radical (unpaired) electrons. The molecule has 1 unspecified atom stereocenters. The Hall–Kier alpha value is -0.570. The van der Waals surface area contributed by atoms with E-state index in [9.17, 15) is 4.79 Å². The molecule has 2 aliphatic rings. The summed E-state index contributed by atoms with van der Waals surface area (Å²) >= 11 is 0. The van der Waals surface area contributed by atoms with Gasteiger partial charge in [0.1, 0.15) is 0 Å². The van der Waals surface area contributed by atoms with E-state index in [1.54, 1.807) is 0 Å². The van der Waals surface area contributed by atoms with Crippen LogP contribution in [0.4, 0.5) is 0 Å². The summed E-state index contributed by atoms with van der Waals surface area (Å²) in [5, 5.41) is 3.57. The Kier molecular flexibility index (Phi) is 4.00. The van der Waals surface area contributed by atoms with E-state index in [0.29, 0.717) is 11.8 Å². The second-order valence-electron chi connectivity index (χ2n) is 6.80. The van der Waals surface area contributed by atoms with E-state index in [0.717, 1.165) is 31.7 Å². The normalized spacial score (nSPS) is 25.8. The van der Waals surface area contributed by atoms with Crippen molar-refractivity contribution in [3.05, 3.63) is 0 Å². The quantitative estimate of drug-likeness (QED) is 0.737. The molecule has 1 spiro atoms. The first kappa shape index (κ1) is 13.9. The van der Waals surface area contributed by atoms with Crippen molar-refractivity contribution in [2.75, 3.05) is 6.54 Å². The van der Waals surface area contributed by atoms with Crippen molar-refractivity contribution in [2.45, 2.75) is 71.5 Å². The molecule has 1 aliphatic heterocycles. The number of carbonyl (C=O) groups is 1. The zero-order chi connectivity index (χ0) is 13.3. The molecule has 0 aromatic carbocycles. The van der Waals surface area contributed by atoms with Crippen molar-refractivity contribution >= 4 is 5.91 Å². The predicted octanol–water partition coefficient (Wildman–Crippen LogP) is 2.76. The van der Waals surface area contributed by atoms with E-state index in [1.807, 2.05) is 0 Å². The van der Waals surface area contributed by atoms with Gasteiger partial charge in [-0.05, 0) is 31.1 Å². The zero-order valence-electron chi connectivity index (χ0n) is 12.3. The minimum atomic E-state index is -0.146. The van der Waals surface area contributed by atoms with Crippen molar-refractivity contribution in [1.82, 2.24) is 10.2 Å². The van der Waals surface area contributed by atoms with Gasteiger partial charge in [0.15, 0.2) is 0 Å². The van der Waals surface area contributed by atoms with Crippen LogP contribution in [0.15, 0.2) is 0 Å². The molecule has 18 heavy (non-hydrogen) atoms. The maximum Gasteiger partial charge on any atom is 0.244 e. The highest BCUT2D eigenvalue weighted by molar-refractivity contribution is 5.91. The summed E-state index contributed by atoms with van der Waals surface area (Å²) < 4.78 is 0. The van der Waals surface area contributed by atoms with Crippen LogP contribution in [0.1, 0.15) is 59.8 Å². The second-order valence-corrected chi connectivity index (χ2v) is 6.80. The Morgan fingerprint density at radius 3 is 2.44 bits per heavy atom. The minimum Gasteiger partial charge on any atom is -0.325 e. The topological polar surface area (TPSA) is 32.3 Å². The van der Waals surface area contributed by atoms with Gasteiger partial charge in [0.05, 0.1) is 11.7 Å². The number of nitrogens with one attached hydrogen (secondary N) is 1. The van der Waals surface area contributed by atoms with Gasteiger partial charge in [-0.3, -0.25) is 10.1 Å². The Morgan fingerprint density at radius 1 is 1.28 bits per heavy atom. The molecule has 1 aliphatic carbocycles. The predicted molar refractivity (Wildman–Crippen MR) is 74.1 cm³/mol. The first-order chi connectivity index (χ1) is 8.46. The average molecular weight is 252 g/mol. The molecule has 2 fully saturated rings. The molecule has 104 valence electrons. The fraction of sp³-hybridized carbons (Fsp3) is 0.933. The van der Waals surface area contributed by atoms with Crippen LogP contribution in [0, 0.1) is 11.8 Å². The highest BCUT2D eigenvalue weighted by Crippen LogP contribution is 2.43. The molecule has 1 N–H and O–H groups in total. The summed E-state index contributed by atoms with van der Waals surface area (Å²) in [6.45, 7) is 9.86. The van der Waals surface area contributed by atoms with Gasteiger partial charge in [-0.1, -0.05) is 40.5 Å². The van der Waals surface area contributed by atoms with Crippen LogP contribution < -0.4 is 5.32 Å². The molecule has 1 saturated carbocycles. The average Bonchev–Trinajstić information content (AvgIpc) is 3.00. The third kappa shape index (κ3) is 2.71. The van der Waals surface area contributed by atoms with Crippen molar-refractivity contribution in [2.24, 2.45) is 11.8 Å². The van der Waals surface area contributed by atoms with Crippen LogP contribution in [-0.4, -0.2) is 29.1 Å². The smallest absolute Gasteiger partial charge is 0.244 e. The summed E-state index contributed by atoms with van der Waals surface area (Å²) in [4.78, 5) is 14.5. The molecule has 3 heteroatoms. The van der Waals surface area contributed by atoms with Gasteiger partial charge >= 0.3 is 0 Å². The van der Waals surface area contributed by atoms with Gasteiger partial charge < -0.3 is 4.90 Å². The first-order valence-corrected chi connectivity index (χ1v) is 7.55. The number of amides is 1. The van der Waals surface area contributed by atoms with Crippen molar-refractivity contribution in [3.8, 4) is 0 Å². The molecule has 0 aromatic rings. The lowest BCUT2D eigenvalue weighted by atomic mass is 10.1. The van der Waals surface area contributed by atoms with Crippen LogP contribution in [0.25, 0.3) is 0 Å². The fourth-order valence-corrected chi connectivity index (χ4v) is 2.91. The maximum absolute atomic E-state index is 12.4. The monoisotopic (exact) mass is 252 g/mol. The van der Waals surface area contributed by atoms with E-state index >= 15 is 0 Å². The van der Waals surface area contributed by atoms with Crippen molar-refractivity contribution < 1.29 is 4.79 Å². The molecule has 1 atom stereocenters. The second kappa shape index (κ2) is 5.20. The first-order valence-electron chi connectivity index (χ1n) is 7.55. The highest BCUT2D eigenvalue weighted by Gasteiger charge is 2.59. The van der Waals surface area contributed by atoms with Crippen LogP contribution >= 0.6 is 0 Å². The van der Waals surface area contributed by atoms with Gasteiger partial charge in [0.2, 0.25) is 5.91 Å². The van der Waals surface area contributed by atoms with Crippen LogP contribution in [0.5, 0.6) is 0 Å². The Labute approximate surface area is 111 Å². The highest BCUT2D eigenvalue weighted by atomic mass is 16.2. The lowest BCUT2D eigenvalue weighted by Crippen LogP contribution is -2.42. The lowest BCUT2D eigenvalue weighted by Gasteiger charge is -2.27. The van der Waals surface area contributed by atoms with E-state index in [-0.39, 0.29) is 11.7 Å². The number of unbranched alkanes of at least 4 members (excludes halogenated alkanes) is 1. The molecule has 0 bridgehead atoms. The standard InChI is InChI=1S/C15H28N2O/c1-11(2)7-5-6-10-17-13(12(3)4)16-15(8-9-15)14(17)18/h11-13,16H,5-10H2,1-4H3.